The van der Waals surface area contributed by atoms with Crippen molar-refractivity contribution in [1.82, 2.24) is 0 Å². The zero-order valence-corrected chi connectivity index (χ0v) is 15.9. The van der Waals surface area contributed by atoms with Gasteiger partial charge in [-0.3, -0.25) is 14.4 Å². The third-order valence-corrected chi connectivity index (χ3v) is 4.02. The molecule has 2 N–H and O–H groups in total. The van der Waals surface area contributed by atoms with E-state index in [4.69, 9.17) is 4.74 Å². The number of para-hydroxylation sites is 1. The fourth-order valence-corrected chi connectivity index (χ4v) is 2.56. The molecule has 2 aromatic carbocycles. The number of hydrogen-bond donors (Lipinski definition) is 2. The maximum absolute atomic E-state index is 12.8. The van der Waals surface area contributed by atoms with E-state index in [1.54, 1.807) is 0 Å². The molecule has 2 aromatic rings. The smallest absolute Gasteiger partial charge is 0.306 e. The number of carbonyl (C=O) groups is 3. The average Bonchev–Trinajstić information content (AvgIpc) is 2.65. The van der Waals surface area contributed by atoms with Crippen LogP contribution in [-0.2, 0) is 19.1 Å². The molecule has 2 amide bonds. The lowest BCUT2D eigenvalue weighted by atomic mass is 10.1. The number of carbonyl (C=O) groups excluding carboxylic acids is 3. The number of rotatable bonds is 8. The number of esters is 1. The minimum Gasteiger partial charge on any atom is -0.456 e. The first-order chi connectivity index (χ1) is 13.3. The normalized spacial score (nSPS) is 10.2. The fraction of sp³-hybridized carbons (Fsp3) is 0.286. The van der Waals surface area contributed by atoms with Crippen molar-refractivity contribution in [1.29, 1.82) is 0 Å². The number of halogens is 1. The third kappa shape index (κ3) is 6.83. The second-order valence-electron chi connectivity index (χ2n) is 6.38. The molecule has 0 saturated heterocycles. The molecule has 0 heterocycles. The SMILES string of the molecule is Cc1cccc(C)c1NC(=O)COC(=O)CCCC(=O)Nc1ccc(F)cc1. The molecule has 0 aliphatic rings. The molecule has 2 rings (SSSR count). The topological polar surface area (TPSA) is 84.5 Å². The lowest BCUT2D eigenvalue weighted by Crippen LogP contribution is -2.22. The summed E-state index contributed by atoms with van der Waals surface area (Å²) in [4.78, 5) is 35.5. The molecule has 0 aromatic heterocycles. The van der Waals surface area contributed by atoms with Crippen LogP contribution in [0.15, 0.2) is 42.5 Å². The van der Waals surface area contributed by atoms with E-state index in [2.05, 4.69) is 10.6 Å². The van der Waals surface area contributed by atoms with Crippen LogP contribution in [0.1, 0.15) is 30.4 Å². The molecule has 0 radical (unpaired) electrons. The van der Waals surface area contributed by atoms with Gasteiger partial charge in [0.2, 0.25) is 5.91 Å². The maximum atomic E-state index is 12.8. The van der Waals surface area contributed by atoms with E-state index in [-0.39, 0.29) is 37.6 Å². The number of anilines is 2. The number of hydrogen-bond acceptors (Lipinski definition) is 4. The third-order valence-electron chi connectivity index (χ3n) is 4.02. The van der Waals surface area contributed by atoms with Gasteiger partial charge in [-0.05, 0) is 55.7 Å². The largest absolute Gasteiger partial charge is 0.456 e. The quantitative estimate of drug-likeness (QED) is 0.677. The molecule has 0 unspecified atom stereocenters. The summed E-state index contributed by atoms with van der Waals surface area (Å²) in [5.74, 6) is -1.64. The van der Waals surface area contributed by atoms with Gasteiger partial charge in [-0.25, -0.2) is 4.39 Å². The van der Waals surface area contributed by atoms with Crippen molar-refractivity contribution in [3.8, 4) is 0 Å². The van der Waals surface area contributed by atoms with E-state index < -0.39 is 11.9 Å². The maximum Gasteiger partial charge on any atom is 0.306 e. The van der Waals surface area contributed by atoms with Gasteiger partial charge >= 0.3 is 5.97 Å². The van der Waals surface area contributed by atoms with Gasteiger partial charge in [0.1, 0.15) is 5.82 Å². The van der Waals surface area contributed by atoms with Gasteiger partial charge in [0.15, 0.2) is 6.61 Å². The number of ether oxygens (including phenoxy) is 1. The molecule has 0 fully saturated rings. The van der Waals surface area contributed by atoms with Crippen molar-refractivity contribution in [2.45, 2.75) is 33.1 Å². The van der Waals surface area contributed by atoms with Gasteiger partial charge < -0.3 is 15.4 Å². The highest BCUT2D eigenvalue weighted by atomic mass is 19.1. The number of nitrogens with one attached hydrogen (secondary N) is 2. The van der Waals surface area contributed by atoms with Crippen LogP contribution < -0.4 is 10.6 Å². The minimum atomic E-state index is -0.550. The fourth-order valence-electron chi connectivity index (χ4n) is 2.56. The summed E-state index contributed by atoms with van der Waals surface area (Å²) in [5.41, 5.74) is 3.04. The summed E-state index contributed by atoms with van der Waals surface area (Å²) >= 11 is 0. The summed E-state index contributed by atoms with van der Waals surface area (Å²) in [6.45, 7) is 3.38. The van der Waals surface area contributed by atoms with E-state index in [0.717, 1.165) is 11.1 Å². The van der Waals surface area contributed by atoms with E-state index in [1.807, 2.05) is 32.0 Å². The molecule has 0 aliphatic carbocycles. The predicted molar refractivity (Wildman–Crippen MR) is 104 cm³/mol. The first-order valence-corrected chi connectivity index (χ1v) is 8.92. The Labute approximate surface area is 163 Å². The molecule has 0 aliphatic heterocycles. The number of aryl methyl sites for hydroxylation is 2. The number of amides is 2. The van der Waals surface area contributed by atoms with Gasteiger partial charge in [0.25, 0.3) is 5.91 Å². The van der Waals surface area contributed by atoms with Gasteiger partial charge in [0, 0.05) is 24.2 Å². The Balaban J connectivity index is 1.66. The van der Waals surface area contributed by atoms with Crippen LogP contribution in [0.25, 0.3) is 0 Å². The van der Waals surface area contributed by atoms with Crippen LogP contribution in [0.3, 0.4) is 0 Å². The zero-order valence-electron chi connectivity index (χ0n) is 15.9. The highest BCUT2D eigenvalue weighted by Crippen LogP contribution is 2.19. The average molecular weight is 386 g/mol. The monoisotopic (exact) mass is 386 g/mol. The molecular weight excluding hydrogens is 363 g/mol. The summed E-state index contributed by atoms with van der Waals surface area (Å²) < 4.78 is 17.8. The van der Waals surface area contributed by atoms with Crippen LogP contribution in [0.4, 0.5) is 15.8 Å². The van der Waals surface area contributed by atoms with Crippen molar-refractivity contribution in [2.75, 3.05) is 17.2 Å². The minimum absolute atomic E-state index is 0.0213. The van der Waals surface area contributed by atoms with Crippen LogP contribution in [0.2, 0.25) is 0 Å². The van der Waals surface area contributed by atoms with E-state index >= 15 is 0 Å². The first kappa shape index (κ1) is 21.1. The molecular formula is C21H23FN2O4. The Morgan fingerprint density at radius 1 is 0.893 bits per heavy atom. The molecule has 7 heteroatoms. The second-order valence-corrected chi connectivity index (χ2v) is 6.38. The van der Waals surface area contributed by atoms with E-state index in [9.17, 15) is 18.8 Å². The molecule has 0 atom stereocenters. The first-order valence-electron chi connectivity index (χ1n) is 8.92. The predicted octanol–water partition coefficient (Wildman–Crippen LogP) is 3.73. The van der Waals surface area contributed by atoms with Crippen LogP contribution in [-0.4, -0.2) is 24.4 Å². The Morgan fingerprint density at radius 3 is 2.18 bits per heavy atom. The van der Waals surface area contributed by atoms with Gasteiger partial charge in [-0.1, -0.05) is 18.2 Å². The van der Waals surface area contributed by atoms with Crippen LogP contribution in [0, 0.1) is 19.7 Å². The van der Waals surface area contributed by atoms with Gasteiger partial charge in [-0.2, -0.15) is 0 Å². The summed E-state index contributed by atoms with van der Waals surface area (Å²) in [7, 11) is 0. The van der Waals surface area contributed by atoms with Crippen molar-refractivity contribution in [3.63, 3.8) is 0 Å². The van der Waals surface area contributed by atoms with Crippen LogP contribution >= 0.6 is 0 Å². The van der Waals surface area contributed by atoms with Gasteiger partial charge in [-0.15, -0.1) is 0 Å². The Hall–Kier alpha value is -3.22. The lowest BCUT2D eigenvalue weighted by Gasteiger charge is -2.11. The second kappa shape index (κ2) is 10.2. The molecule has 0 spiro atoms. The van der Waals surface area contributed by atoms with E-state index in [0.29, 0.717) is 11.4 Å². The van der Waals surface area contributed by atoms with E-state index in [1.165, 1.54) is 24.3 Å². The van der Waals surface area contributed by atoms with Crippen LogP contribution in [0.5, 0.6) is 0 Å². The Morgan fingerprint density at radius 2 is 1.54 bits per heavy atom. The molecule has 28 heavy (non-hydrogen) atoms. The van der Waals surface area contributed by atoms with Crippen molar-refractivity contribution < 1.29 is 23.5 Å². The highest BCUT2D eigenvalue weighted by molar-refractivity contribution is 5.94. The summed E-state index contributed by atoms with van der Waals surface area (Å²) in [6.07, 6.45) is 0.416. The molecule has 148 valence electrons. The van der Waals surface area contributed by atoms with Crippen molar-refractivity contribution in [2.24, 2.45) is 0 Å². The summed E-state index contributed by atoms with van der Waals surface area (Å²) in [5, 5.41) is 5.34. The molecule has 6 nitrogen and oxygen atoms in total. The van der Waals surface area contributed by atoms with Gasteiger partial charge in [0.05, 0.1) is 0 Å². The Kier molecular flexibility index (Phi) is 7.68. The standard InChI is InChI=1S/C21H23FN2O4/c1-14-5-3-6-15(2)21(14)24-19(26)13-28-20(27)8-4-7-18(25)23-17-11-9-16(22)10-12-17/h3,5-6,9-12H,4,7-8,13H2,1-2H3,(H,23,25)(H,24,26). The highest BCUT2D eigenvalue weighted by Gasteiger charge is 2.11. The molecule has 0 saturated carbocycles. The van der Waals surface area contributed by atoms with Crippen molar-refractivity contribution in [3.05, 3.63) is 59.4 Å². The molecule has 0 bridgehead atoms. The van der Waals surface area contributed by atoms with Crippen molar-refractivity contribution >= 4 is 29.2 Å². The Bertz CT molecular complexity index is 830. The summed E-state index contributed by atoms with van der Waals surface area (Å²) in [6, 6.07) is 11.1. The number of benzene rings is 2. The lowest BCUT2D eigenvalue weighted by molar-refractivity contribution is -0.147. The zero-order chi connectivity index (χ0) is 20.5.